The summed E-state index contributed by atoms with van der Waals surface area (Å²) in [5.74, 6) is 1.81. The van der Waals surface area contributed by atoms with Crippen LogP contribution in [0.1, 0.15) is 26.3 Å². The van der Waals surface area contributed by atoms with Crippen molar-refractivity contribution in [1.82, 2.24) is 9.55 Å². The molecule has 0 aromatic carbocycles. The Hall–Kier alpha value is -0.960. The second-order valence-electron chi connectivity index (χ2n) is 5.57. The summed E-state index contributed by atoms with van der Waals surface area (Å²) in [5.41, 5.74) is 0.318. The van der Waals surface area contributed by atoms with E-state index in [1.54, 1.807) is 4.91 Å². The fraction of sp³-hybridized carbons (Fsp3) is 0.500. The van der Waals surface area contributed by atoms with Gasteiger partial charge in [0, 0.05) is 30.1 Å². The van der Waals surface area contributed by atoms with Crippen molar-refractivity contribution >= 4 is 11.8 Å². The van der Waals surface area contributed by atoms with Gasteiger partial charge in [-0.1, -0.05) is 32.1 Å². The van der Waals surface area contributed by atoms with Crippen molar-refractivity contribution in [2.45, 2.75) is 26.3 Å². The Kier molecular flexibility index (Phi) is 2.66. The molecule has 17 heavy (non-hydrogen) atoms. The lowest BCUT2D eigenvalue weighted by Crippen LogP contribution is -2.39. The van der Waals surface area contributed by atoms with Crippen LogP contribution in [0.25, 0.3) is 0 Å². The molecule has 0 bridgehead atoms. The monoisotopic (exact) mass is 246 g/mol. The van der Waals surface area contributed by atoms with E-state index in [-0.39, 0.29) is 0 Å². The summed E-state index contributed by atoms with van der Waals surface area (Å²) in [6.45, 7) is 4.75. The molecular formula is C14H18N2S. The van der Waals surface area contributed by atoms with Crippen LogP contribution in [0.4, 0.5) is 0 Å². The third kappa shape index (κ3) is 1.86. The maximum atomic E-state index is 4.22. The Bertz CT molecular complexity index is 457. The lowest BCUT2D eigenvalue weighted by atomic mass is 9.75. The van der Waals surface area contributed by atoms with Crippen molar-refractivity contribution in [2.24, 2.45) is 11.3 Å². The van der Waals surface area contributed by atoms with Crippen molar-refractivity contribution in [3.05, 3.63) is 41.9 Å². The summed E-state index contributed by atoms with van der Waals surface area (Å²) in [6, 6.07) is 0.530. The molecule has 0 N–H and O–H groups in total. The van der Waals surface area contributed by atoms with Gasteiger partial charge in [0.1, 0.15) is 0 Å². The van der Waals surface area contributed by atoms with Gasteiger partial charge in [-0.25, -0.2) is 4.98 Å². The average Bonchev–Trinajstić information content (AvgIpc) is 2.81. The van der Waals surface area contributed by atoms with Crippen molar-refractivity contribution in [3.8, 4) is 0 Å². The summed E-state index contributed by atoms with van der Waals surface area (Å²) in [4.78, 5) is 5.77. The van der Waals surface area contributed by atoms with E-state index in [0.29, 0.717) is 17.4 Å². The third-order valence-electron chi connectivity index (χ3n) is 3.79. The number of rotatable bonds is 1. The zero-order chi connectivity index (χ0) is 11.9. The summed E-state index contributed by atoms with van der Waals surface area (Å²) in [6.07, 6.45) is 13.9. The van der Waals surface area contributed by atoms with Crippen LogP contribution in [-0.2, 0) is 0 Å². The van der Waals surface area contributed by atoms with E-state index in [0.717, 1.165) is 6.42 Å². The summed E-state index contributed by atoms with van der Waals surface area (Å²) < 4.78 is 2.30. The van der Waals surface area contributed by atoms with Crippen molar-refractivity contribution in [3.63, 3.8) is 0 Å². The fourth-order valence-corrected chi connectivity index (χ4v) is 4.34. The number of aromatic nitrogens is 2. The van der Waals surface area contributed by atoms with Crippen LogP contribution in [0.5, 0.6) is 0 Å². The number of hydrogen-bond donors (Lipinski definition) is 0. The first-order valence-electron chi connectivity index (χ1n) is 6.15. The Morgan fingerprint density at radius 1 is 1.47 bits per heavy atom. The zero-order valence-corrected chi connectivity index (χ0v) is 11.2. The number of nitrogens with zero attached hydrogens (tertiary/aromatic N) is 2. The van der Waals surface area contributed by atoms with Gasteiger partial charge >= 0.3 is 0 Å². The highest BCUT2D eigenvalue weighted by Crippen LogP contribution is 2.52. The Morgan fingerprint density at radius 2 is 2.35 bits per heavy atom. The van der Waals surface area contributed by atoms with Crippen LogP contribution in [0.2, 0.25) is 0 Å². The first-order chi connectivity index (χ1) is 8.18. The van der Waals surface area contributed by atoms with E-state index in [4.69, 9.17) is 0 Å². The average molecular weight is 246 g/mol. The Morgan fingerprint density at radius 3 is 3.12 bits per heavy atom. The van der Waals surface area contributed by atoms with Crippen molar-refractivity contribution < 1.29 is 0 Å². The summed E-state index contributed by atoms with van der Waals surface area (Å²) >= 11 is 2.03. The number of thioether (sulfide) groups is 1. The van der Waals surface area contributed by atoms with E-state index in [1.165, 1.54) is 5.75 Å². The van der Waals surface area contributed by atoms with Gasteiger partial charge in [0.15, 0.2) is 0 Å². The van der Waals surface area contributed by atoms with Gasteiger partial charge in [0.25, 0.3) is 0 Å². The number of allylic oxidation sites excluding steroid dienone is 4. The topological polar surface area (TPSA) is 17.8 Å². The third-order valence-corrected chi connectivity index (χ3v) is 5.45. The van der Waals surface area contributed by atoms with Crippen molar-refractivity contribution in [2.75, 3.05) is 5.75 Å². The summed E-state index contributed by atoms with van der Waals surface area (Å²) in [5, 5.41) is 0. The minimum Gasteiger partial charge on any atom is -0.333 e. The predicted molar refractivity (Wildman–Crippen MR) is 72.8 cm³/mol. The fourth-order valence-electron chi connectivity index (χ4n) is 3.01. The van der Waals surface area contributed by atoms with Crippen molar-refractivity contribution in [1.29, 1.82) is 0 Å². The molecular weight excluding hydrogens is 228 g/mol. The number of fused-ring (bicyclic) bond motifs is 1. The molecule has 1 aliphatic carbocycles. The van der Waals surface area contributed by atoms with Gasteiger partial charge < -0.3 is 4.57 Å². The molecule has 2 nitrogen and oxygen atoms in total. The SMILES string of the molecule is CC1(C)CSC2=CC=CCC2[C@@H]1n1ccnc1. The minimum absolute atomic E-state index is 0.318. The first-order valence-corrected chi connectivity index (χ1v) is 7.14. The smallest absolute Gasteiger partial charge is 0.0948 e. The van der Waals surface area contributed by atoms with Gasteiger partial charge in [-0.05, 0) is 16.7 Å². The van der Waals surface area contributed by atoms with Gasteiger partial charge in [-0.3, -0.25) is 0 Å². The molecule has 2 aliphatic rings. The molecule has 2 heterocycles. The highest BCUT2D eigenvalue weighted by Gasteiger charge is 2.42. The molecule has 1 saturated heterocycles. The molecule has 2 atom stereocenters. The Balaban J connectivity index is 2.01. The highest BCUT2D eigenvalue weighted by molar-refractivity contribution is 8.03. The highest BCUT2D eigenvalue weighted by atomic mass is 32.2. The first kappa shape index (κ1) is 11.1. The van der Waals surface area contributed by atoms with Crippen LogP contribution in [0.3, 0.4) is 0 Å². The standard InChI is InChI=1S/C14H18N2S/c1-14(2)9-17-12-6-4-3-5-11(12)13(14)16-8-7-15-10-16/h3-4,6-8,10-11,13H,5,9H2,1-2H3/t11?,13-/m0/s1. The molecule has 3 rings (SSSR count). The van der Waals surface area contributed by atoms with E-state index >= 15 is 0 Å². The maximum Gasteiger partial charge on any atom is 0.0948 e. The molecule has 1 aliphatic heterocycles. The molecule has 0 radical (unpaired) electrons. The molecule has 0 amide bonds. The minimum atomic E-state index is 0.318. The Labute approximate surface area is 107 Å². The zero-order valence-electron chi connectivity index (χ0n) is 10.3. The second kappa shape index (κ2) is 4.05. The molecule has 3 heteroatoms. The quantitative estimate of drug-likeness (QED) is 0.752. The lowest BCUT2D eigenvalue weighted by molar-refractivity contribution is 0.185. The van der Waals surface area contributed by atoms with Crippen LogP contribution >= 0.6 is 11.8 Å². The lowest BCUT2D eigenvalue weighted by Gasteiger charge is -2.46. The maximum absolute atomic E-state index is 4.22. The summed E-state index contributed by atoms with van der Waals surface area (Å²) in [7, 11) is 0. The van der Waals surface area contributed by atoms with Crippen LogP contribution in [0.15, 0.2) is 41.9 Å². The normalized spacial score (nSPS) is 30.8. The molecule has 90 valence electrons. The van der Waals surface area contributed by atoms with Gasteiger partial charge in [0.2, 0.25) is 0 Å². The van der Waals surface area contributed by atoms with Crippen LogP contribution < -0.4 is 0 Å². The molecule has 0 saturated carbocycles. The number of hydrogen-bond acceptors (Lipinski definition) is 2. The second-order valence-corrected chi connectivity index (χ2v) is 6.62. The predicted octanol–water partition coefficient (Wildman–Crippen LogP) is 3.66. The van der Waals surface area contributed by atoms with E-state index < -0.39 is 0 Å². The molecule has 1 aromatic rings. The van der Waals surface area contributed by atoms with Gasteiger partial charge in [-0.2, -0.15) is 0 Å². The van der Waals surface area contributed by atoms with E-state index in [1.807, 2.05) is 24.3 Å². The van der Waals surface area contributed by atoms with E-state index in [2.05, 4.69) is 47.8 Å². The van der Waals surface area contributed by atoms with Gasteiger partial charge in [0.05, 0.1) is 6.33 Å². The van der Waals surface area contributed by atoms with Crippen LogP contribution in [0, 0.1) is 11.3 Å². The molecule has 1 unspecified atom stereocenters. The largest absolute Gasteiger partial charge is 0.333 e. The molecule has 1 fully saturated rings. The molecule has 0 spiro atoms. The molecule has 1 aromatic heterocycles. The van der Waals surface area contributed by atoms with Crippen LogP contribution in [-0.4, -0.2) is 15.3 Å². The number of imidazole rings is 1. The van der Waals surface area contributed by atoms with Gasteiger partial charge in [-0.15, -0.1) is 11.8 Å². The van der Waals surface area contributed by atoms with E-state index in [9.17, 15) is 0 Å².